The molecule has 7 aromatic heterocycles. The molecule has 83 heavy (non-hydrogen) atoms. The first-order valence-electron chi connectivity index (χ1n) is 26.9. The van der Waals surface area contributed by atoms with Crippen LogP contribution in [-0.4, -0.2) is 236 Å². The summed E-state index contributed by atoms with van der Waals surface area (Å²) in [5.41, 5.74) is 2.54. The zero-order valence-corrected chi connectivity index (χ0v) is 47.7. The molecule has 0 aliphatic carbocycles. The minimum Gasteiger partial charge on any atom is -0.379 e. The Kier molecular flexibility index (Phi) is 26.1. The Morgan fingerprint density at radius 1 is 0.542 bits per heavy atom. The number of nitrogens with zero attached hydrogens (tertiary/aromatic N) is 19. The number of halogens is 1. The van der Waals surface area contributed by atoms with Gasteiger partial charge in [-0.05, 0) is 31.2 Å². The van der Waals surface area contributed by atoms with Crippen LogP contribution in [0.15, 0.2) is 92.3 Å². The van der Waals surface area contributed by atoms with E-state index in [1.54, 1.807) is 40.1 Å². The Hall–Kier alpha value is -7.89. The number of nitrogens with one attached hydrogen (secondary N) is 3. The normalized spacial score (nSPS) is 15.8. The number of nitro groups is 3. The van der Waals surface area contributed by atoms with Gasteiger partial charge in [0.05, 0.1) is 105 Å². The number of aromatic nitrogens is 13. The van der Waals surface area contributed by atoms with Crippen molar-refractivity contribution in [2.75, 3.05) is 147 Å². The van der Waals surface area contributed by atoms with Crippen molar-refractivity contribution in [1.29, 1.82) is 0 Å². The molecule has 11 heterocycles. The van der Waals surface area contributed by atoms with Crippen LogP contribution in [0.2, 0.25) is 0 Å². The van der Waals surface area contributed by atoms with E-state index in [9.17, 15) is 30.3 Å². The first-order chi connectivity index (χ1) is 40.5. The molecule has 446 valence electrons. The maximum atomic E-state index is 10.4. The lowest BCUT2D eigenvalue weighted by Crippen LogP contribution is -2.38. The zero-order valence-electron chi connectivity index (χ0n) is 46.1. The molecular formula is C50H69BrN22O10. The predicted molar refractivity (Wildman–Crippen MR) is 307 cm³/mol. The fourth-order valence-electron chi connectivity index (χ4n) is 8.15. The molecule has 4 aliphatic heterocycles. The van der Waals surface area contributed by atoms with Crippen molar-refractivity contribution in [2.45, 2.75) is 26.6 Å². The fraction of sp³-hybridized carbons (Fsp3) is 0.500. The molecule has 32 nitrogen and oxygen atoms in total. The van der Waals surface area contributed by atoms with Crippen LogP contribution in [0, 0.1) is 37.3 Å². The predicted octanol–water partition coefficient (Wildman–Crippen LogP) is 3.93. The number of rotatable bonds is 19. The quantitative estimate of drug-likeness (QED) is 0.0586. The molecule has 0 saturated carbocycles. The summed E-state index contributed by atoms with van der Waals surface area (Å²) in [4.78, 5) is 60.9. The number of aromatic amines is 1. The minimum atomic E-state index is -0.510. The molecule has 11 rings (SSSR count). The number of morpholine rings is 4. The van der Waals surface area contributed by atoms with Gasteiger partial charge in [0.15, 0.2) is 5.82 Å². The summed E-state index contributed by atoms with van der Waals surface area (Å²) in [5, 5.41) is 56.2. The van der Waals surface area contributed by atoms with Gasteiger partial charge < -0.3 is 29.6 Å². The first kappa shape index (κ1) is 62.7. The number of hydrogen-bond acceptors (Lipinski definition) is 25. The molecular weight excluding hydrogens is 1150 g/mol. The van der Waals surface area contributed by atoms with Crippen LogP contribution in [0.4, 0.5) is 40.3 Å². The molecule has 0 amide bonds. The summed E-state index contributed by atoms with van der Waals surface area (Å²) in [6.07, 6.45) is 15.0. The van der Waals surface area contributed by atoms with Crippen molar-refractivity contribution in [3.63, 3.8) is 0 Å². The van der Waals surface area contributed by atoms with E-state index in [0.717, 1.165) is 167 Å². The van der Waals surface area contributed by atoms with Gasteiger partial charge >= 0.3 is 17.1 Å². The Morgan fingerprint density at radius 2 is 1.01 bits per heavy atom. The van der Waals surface area contributed by atoms with E-state index < -0.39 is 14.8 Å². The van der Waals surface area contributed by atoms with Crippen LogP contribution in [0.3, 0.4) is 0 Å². The number of ether oxygens (including phenoxy) is 4. The summed E-state index contributed by atoms with van der Waals surface area (Å²) in [5.74, 6) is 2.24. The molecule has 3 N–H and O–H groups in total. The van der Waals surface area contributed by atoms with Crippen molar-refractivity contribution in [2.24, 2.45) is 0 Å². The third kappa shape index (κ3) is 22.8. The summed E-state index contributed by atoms with van der Waals surface area (Å²) >= 11 is 3.40. The van der Waals surface area contributed by atoms with Gasteiger partial charge in [0, 0.05) is 108 Å². The highest BCUT2D eigenvalue weighted by atomic mass is 79.9. The van der Waals surface area contributed by atoms with E-state index in [1.165, 1.54) is 31.0 Å². The van der Waals surface area contributed by atoms with Crippen LogP contribution >= 0.6 is 15.9 Å². The Bertz CT molecular complexity index is 2930. The number of anilines is 4. The van der Waals surface area contributed by atoms with Gasteiger partial charge in [-0.3, -0.25) is 69.1 Å². The van der Waals surface area contributed by atoms with Crippen LogP contribution in [0.1, 0.15) is 5.69 Å². The third-order valence-electron chi connectivity index (χ3n) is 12.7. The summed E-state index contributed by atoms with van der Waals surface area (Å²) in [6, 6.07) is 9.33. The molecule has 4 saturated heterocycles. The standard InChI is InChI=1S/C23H26N10O.2C9H14N4O3.C6H12BrNO.C3H3N3O2/c1-17-3-2-4-19(27-17)22-24-7-5-20(30-22)29-21-6-8-25-23(31-21)28-18-15-26-33(16-18)10-9-32-11-13-34-14-12-32;2*14-13(15)9-7-10-12(8-9)2-1-11-3-5-16-6-4-11;7-1-2-8-3-5-9-6-4-8;7-6(8)3-1-4-5-2-3/h2-8,15-16H,9-14H2,1H3,(H2,24,25,28,29,30,31);2*7-8H,1-6H2;1-6H2;1-2H,(H,4,5). The van der Waals surface area contributed by atoms with E-state index in [2.05, 4.69) is 96.6 Å². The van der Waals surface area contributed by atoms with Crippen molar-refractivity contribution < 1.29 is 33.7 Å². The van der Waals surface area contributed by atoms with Gasteiger partial charge in [-0.1, -0.05) is 22.0 Å². The molecule has 7 aromatic rings. The Labute approximate surface area is 486 Å². The molecule has 4 fully saturated rings. The van der Waals surface area contributed by atoms with Crippen LogP contribution < -0.4 is 10.6 Å². The van der Waals surface area contributed by atoms with E-state index in [0.29, 0.717) is 36.5 Å². The molecule has 0 radical (unpaired) electrons. The average Bonchev–Trinajstić information content (AvgIpc) is 4.46. The maximum Gasteiger partial charge on any atom is 0.306 e. The molecule has 0 bridgehead atoms. The van der Waals surface area contributed by atoms with E-state index in [-0.39, 0.29) is 17.1 Å². The first-order valence-corrected chi connectivity index (χ1v) is 28.0. The van der Waals surface area contributed by atoms with Gasteiger partial charge in [-0.2, -0.15) is 25.4 Å². The SMILES string of the molecule is BrCCN1CCOCC1.Cc1cccc(-c2nccc(Nc3ccnc(Nc4cnn(CCN5CCOCC5)c4)n3)n2)n1.O=[N+]([O-])c1cn[nH]c1.O=[N+]([O-])c1cnn(CCN2CCOCC2)c1.O=[N+]([O-])c1cnn(CCN2CCOCC2)c1. The van der Waals surface area contributed by atoms with Crippen molar-refractivity contribution in [3.05, 3.63) is 128 Å². The number of alkyl halides is 1. The maximum absolute atomic E-state index is 10.4. The zero-order chi connectivity index (χ0) is 58.4. The van der Waals surface area contributed by atoms with Gasteiger partial charge in [-0.15, -0.1) is 0 Å². The largest absolute Gasteiger partial charge is 0.379 e. The van der Waals surface area contributed by atoms with Crippen molar-refractivity contribution >= 4 is 56.3 Å². The third-order valence-corrected chi connectivity index (χ3v) is 13.0. The fourth-order valence-corrected chi connectivity index (χ4v) is 8.65. The van der Waals surface area contributed by atoms with E-state index in [1.807, 2.05) is 36.0 Å². The Morgan fingerprint density at radius 3 is 1.46 bits per heavy atom. The van der Waals surface area contributed by atoms with E-state index >= 15 is 0 Å². The highest BCUT2D eigenvalue weighted by Gasteiger charge is 2.16. The van der Waals surface area contributed by atoms with Crippen LogP contribution in [0.25, 0.3) is 11.5 Å². The van der Waals surface area contributed by atoms with Gasteiger partial charge in [-0.25, -0.2) is 19.9 Å². The molecule has 0 spiro atoms. The highest BCUT2D eigenvalue weighted by Crippen LogP contribution is 2.19. The second-order valence-electron chi connectivity index (χ2n) is 18.6. The van der Waals surface area contributed by atoms with Crippen LogP contribution in [0.5, 0.6) is 0 Å². The second kappa shape index (κ2) is 34.5. The number of hydrogen-bond donors (Lipinski definition) is 3. The highest BCUT2D eigenvalue weighted by molar-refractivity contribution is 9.09. The van der Waals surface area contributed by atoms with Crippen molar-refractivity contribution in [1.82, 2.24) is 84.1 Å². The lowest BCUT2D eigenvalue weighted by atomic mass is 10.3. The smallest absolute Gasteiger partial charge is 0.306 e. The minimum absolute atomic E-state index is 0.00926. The second-order valence-corrected chi connectivity index (χ2v) is 19.4. The van der Waals surface area contributed by atoms with Gasteiger partial charge in [0.2, 0.25) is 5.95 Å². The average molecular weight is 1220 g/mol. The summed E-state index contributed by atoms with van der Waals surface area (Å²) in [6.45, 7) is 22.2. The topological polar surface area (TPSA) is 350 Å². The number of aryl methyl sites for hydroxylation is 1. The van der Waals surface area contributed by atoms with Crippen molar-refractivity contribution in [3.8, 4) is 11.5 Å². The summed E-state index contributed by atoms with van der Waals surface area (Å²) < 4.78 is 26.2. The van der Waals surface area contributed by atoms with Gasteiger partial charge in [0.25, 0.3) is 0 Å². The van der Waals surface area contributed by atoms with Crippen LogP contribution in [-0.2, 0) is 38.6 Å². The lowest BCUT2D eigenvalue weighted by Gasteiger charge is -2.26. The monoisotopic (exact) mass is 1220 g/mol. The van der Waals surface area contributed by atoms with Gasteiger partial charge in [0.1, 0.15) is 48.3 Å². The Balaban J connectivity index is 0.000000168. The number of H-pyrrole nitrogens is 1. The lowest BCUT2D eigenvalue weighted by molar-refractivity contribution is -0.385. The molecule has 33 heteroatoms. The molecule has 0 atom stereocenters. The molecule has 0 aromatic carbocycles. The number of pyridine rings is 1. The molecule has 0 unspecified atom stereocenters. The van der Waals surface area contributed by atoms with E-state index in [4.69, 9.17) is 18.9 Å². The molecule has 4 aliphatic rings. The summed E-state index contributed by atoms with van der Waals surface area (Å²) in [7, 11) is 0.